The molecule has 154 valence electrons. The lowest BCUT2D eigenvalue weighted by atomic mass is 10.0. The molecule has 2 heterocycles. The molecule has 0 atom stereocenters. The Bertz CT molecular complexity index is 1070. The number of aromatic nitrogens is 2. The molecular formula is C23H23N3O3S. The van der Waals surface area contributed by atoms with Gasteiger partial charge in [0.2, 0.25) is 5.91 Å². The summed E-state index contributed by atoms with van der Waals surface area (Å²) in [5, 5.41) is 2.34. The van der Waals surface area contributed by atoms with Crippen LogP contribution in [0.5, 0.6) is 0 Å². The van der Waals surface area contributed by atoms with Gasteiger partial charge in [-0.2, -0.15) is 0 Å². The number of rotatable bonds is 6. The molecular weight excluding hydrogens is 398 g/mol. The number of hydrogen-bond acceptors (Lipinski definition) is 6. The second-order valence-electron chi connectivity index (χ2n) is 6.92. The average Bonchev–Trinajstić information content (AvgIpc) is 3.16. The van der Waals surface area contributed by atoms with Crippen molar-refractivity contribution in [1.82, 2.24) is 9.97 Å². The third-order valence-electron chi connectivity index (χ3n) is 4.35. The SMILES string of the molecule is CC(=O)N(c1nc(COC(=O)C=Cc2ccccn2)cs1)c1c(C)cc(C)cc1C. The highest BCUT2D eigenvalue weighted by atomic mass is 32.1. The number of amides is 1. The number of thiazole rings is 1. The third kappa shape index (κ3) is 5.18. The van der Waals surface area contributed by atoms with E-state index in [1.54, 1.807) is 34.7 Å². The van der Waals surface area contributed by atoms with Gasteiger partial charge in [-0.15, -0.1) is 11.3 Å². The number of nitrogens with zero attached hydrogens (tertiary/aromatic N) is 3. The van der Waals surface area contributed by atoms with Crippen LogP contribution in [0.3, 0.4) is 0 Å². The fraction of sp³-hybridized carbons (Fsp3) is 0.217. The van der Waals surface area contributed by atoms with Crippen molar-refractivity contribution < 1.29 is 14.3 Å². The van der Waals surface area contributed by atoms with Gasteiger partial charge < -0.3 is 4.74 Å². The molecule has 0 fully saturated rings. The maximum atomic E-state index is 12.4. The van der Waals surface area contributed by atoms with Crippen molar-refractivity contribution in [2.24, 2.45) is 0 Å². The summed E-state index contributed by atoms with van der Waals surface area (Å²) in [4.78, 5) is 34.6. The number of anilines is 2. The molecule has 30 heavy (non-hydrogen) atoms. The fourth-order valence-electron chi connectivity index (χ4n) is 3.20. The van der Waals surface area contributed by atoms with Crippen LogP contribution in [0, 0.1) is 20.8 Å². The molecule has 0 saturated carbocycles. The zero-order valence-corrected chi connectivity index (χ0v) is 18.2. The van der Waals surface area contributed by atoms with Gasteiger partial charge in [0.25, 0.3) is 0 Å². The lowest BCUT2D eigenvalue weighted by Gasteiger charge is -2.23. The Morgan fingerprint density at radius 1 is 1.17 bits per heavy atom. The van der Waals surface area contributed by atoms with Crippen molar-refractivity contribution in [3.63, 3.8) is 0 Å². The maximum Gasteiger partial charge on any atom is 0.331 e. The standard InChI is InChI=1S/C23H23N3O3S/c1-15-11-16(2)22(17(3)12-15)26(18(4)27)23-25-20(14-30-23)13-29-21(28)9-8-19-7-5-6-10-24-19/h5-12,14H,13H2,1-4H3. The van der Waals surface area contributed by atoms with Crippen molar-refractivity contribution in [2.75, 3.05) is 4.90 Å². The van der Waals surface area contributed by atoms with Gasteiger partial charge in [0.05, 0.1) is 17.1 Å². The van der Waals surface area contributed by atoms with Crippen LogP contribution in [0.25, 0.3) is 6.08 Å². The van der Waals surface area contributed by atoms with Gasteiger partial charge in [-0.1, -0.05) is 23.8 Å². The molecule has 6 nitrogen and oxygen atoms in total. The Hall–Kier alpha value is -3.32. The second kappa shape index (κ2) is 9.45. The first kappa shape index (κ1) is 21.4. The maximum absolute atomic E-state index is 12.4. The van der Waals surface area contributed by atoms with E-state index >= 15 is 0 Å². The molecule has 1 aromatic carbocycles. The molecule has 3 rings (SSSR count). The summed E-state index contributed by atoms with van der Waals surface area (Å²) < 4.78 is 5.26. The number of aryl methyl sites for hydroxylation is 3. The van der Waals surface area contributed by atoms with Gasteiger partial charge in [-0.3, -0.25) is 14.7 Å². The van der Waals surface area contributed by atoms with E-state index in [9.17, 15) is 9.59 Å². The second-order valence-corrected chi connectivity index (χ2v) is 7.76. The van der Waals surface area contributed by atoms with Crippen LogP contribution < -0.4 is 4.90 Å². The first-order chi connectivity index (χ1) is 14.3. The third-order valence-corrected chi connectivity index (χ3v) is 5.22. The van der Waals surface area contributed by atoms with Crippen molar-refractivity contribution in [3.05, 3.63) is 76.1 Å². The van der Waals surface area contributed by atoms with Crippen LogP contribution in [0.2, 0.25) is 0 Å². The summed E-state index contributed by atoms with van der Waals surface area (Å²) in [7, 11) is 0. The van der Waals surface area contributed by atoms with Gasteiger partial charge in [-0.05, 0) is 50.1 Å². The smallest absolute Gasteiger partial charge is 0.331 e. The molecule has 0 bridgehead atoms. The van der Waals surface area contributed by atoms with Crippen molar-refractivity contribution in [1.29, 1.82) is 0 Å². The summed E-state index contributed by atoms with van der Waals surface area (Å²) in [6.45, 7) is 7.53. The quantitative estimate of drug-likeness (QED) is 0.418. The zero-order chi connectivity index (χ0) is 21.7. The van der Waals surface area contributed by atoms with E-state index in [2.05, 4.69) is 9.97 Å². The molecule has 0 spiro atoms. The van der Waals surface area contributed by atoms with Crippen LogP contribution in [0.15, 0.2) is 48.0 Å². The van der Waals surface area contributed by atoms with E-state index in [0.717, 1.165) is 22.4 Å². The molecule has 0 N–H and O–H groups in total. The Kier molecular flexibility index (Phi) is 6.74. The van der Waals surface area contributed by atoms with E-state index in [0.29, 0.717) is 16.5 Å². The molecule has 0 aliphatic heterocycles. The number of ether oxygens (including phenoxy) is 1. The average molecular weight is 422 g/mol. The molecule has 0 aliphatic carbocycles. The van der Waals surface area contributed by atoms with Crippen LogP contribution in [0.1, 0.15) is 35.0 Å². The normalized spacial score (nSPS) is 10.9. The Morgan fingerprint density at radius 3 is 2.53 bits per heavy atom. The Balaban J connectivity index is 1.72. The topological polar surface area (TPSA) is 72.4 Å². The monoisotopic (exact) mass is 421 g/mol. The van der Waals surface area contributed by atoms with Crippen molar-refractivity contribution >= 4 is 40.1 Å². The number of pyridine rings is 1. The summed E-state index contributed by atoms with van der Waals surface area (Å²) in [6.07, 6.45) is 4.58. The van der Waals surface area contributed by atoms with Gasteiger partial charge >= 0.3 is 5.97 Å². The molecule has 3 aromatic rings. The summed E-state index contributed by atoms with van der Waals surface area (Å²) in [5.41, 5.74) is 5.25. The van der Waals surface area contributed by atoms with Gasteiger partial charge in [0.1, 0.15) is 6.61 Å². The van der Waals surface area contributed by atoms with Gasteiger partial charge in [-0.25, -0.2) is 9.78 Å². The Morgan fingerprint density at radius 2 is 1.90 bits per heavy atom. The highest BCUT2D eigenvalue weighted by Crippen LogP contribution is 2.34. The van der Waals surface area contributed by atoms with E-state index in [1.165, 1.54) is 24.3 Å². The summed E-state index contributed by atoms with van der Waals surface area (Å²) in [6, 6.07) is 9.53. The predicted molar refractivity (Wildman–Crippen MR) is 119 cm³/mol. The minimum absolute atomic E-state index is 0.0273. The number of hydrogen-bond donors (Lipinski definition) is 0. The fourth-order valence-corrected chi connectivity index (χ4v) is 4.06. The number of carbonyl (C=O) groups excluding carboxylic acids is 2. The lowest BCUT2D eigenvalue weighted by molar-refractivity contribution is -0.139. The zero-order valence-electron chi connectivity index (χ0n) is 17.4. The first-order valence-electron chi connectivity index (χ1n) is 9.44. The van der Waals surface area contributed by atoms with Crippen molar-refractivity contribution in [2.45, 2.75) is 34.3 Å². The van der Waals surface area contributed by atoms with E-state index < -0.39 is 5.97 Å². The molecule has 0 saturated heterocycles. The van der Waals surface area contributed by atoms with Crippen molar-refractivity contribution in [3.8, 4) is 0 Å². The van der Waals surface area contributed by atoms with Gasteiger partial charge in [0.15, 0.2) is 5.13 Å². The lowest BCUT2D eigenvalue weighted by Crippen LogP contribution is -2.24. The minimum Gasteiger partial charge on any atom is -0.456 e. The van der Waals surface area contributed by atoms with E-state index in [-0.39, 0.29) is 12.5 Å². The molecule has 0 aliphatic rings. The van der Waals surface area contributed by atoms with Crippen LogP contribution in [0.4, 0.5) is 10.8 Å². The highest BCUT2D eigenvalue weighted by Gasteiger charge is 2.22. The van der Waals surface area contributed by atoms with Crippen LogP contribution in [-0.2, 0) is 20.9 Å². The first-order valence-corrected chi connectivity index (χ1v) is 10.3. The summed E-state index contributed by atoms with van der Waals surface area (Å²) >= 11 is 1.34. The molecule has 2 aromatic heterocycles. The number of esters is 1. The van der Waals surface area contributed by atoms with E-state index in [4.69, 9.17) is 4.74 Å². The Labute approximate surface area is 179 Å². The largest absolute Gasteiger partial charge is 0.456 e. The highest BCUT2D eigenvalue weighted by molar-refractivity contribution is 7.14. The number of benzene rings is 1. The van der Waals surface area contributed by atoms with Crippen LogP contribution in [-0.4, -0.2) is 21.8 Å². The molecule has 1 amide bonds. The summed E-state index contributed by atoms with van der Waals surface area (Å²) in [5.74, 6) is -0.606. The predicted octanol–water partition coefficient (Wildman–Crippen LogP) is 4.90. The molecule has 0 radical (unpaired) electrons. The van der Waals surface area contributed by atoms with E-state index in [1.807, 2.05) is 39.0 Å². The molecule has 7 heteroatoms. The van der Waals surface area contributed by atoms with Gasteiger partial charge in [0, 0.05) is 24.6 Å². The molecule has 0 unspecified atom stereocenters. The minimum atomic E-state index is -0.483. The number of carbonyl (C=O) groups is 2. The van der Waals surface area contributed by atoms with Crippen LogP contribution >= 0.6 is 11.3 Å².